The molecule has 0 saturated carbocycles. The summed E-state index contributed by atoms with van der Waals surface area (Å²) in [6.07, 6.45) is -3.42. The van der Waals surface area contributed by atoms with E-state index in [2.05, 4.69) is 16.9 Å². The number of nitrogens with two attached hydrogens (primary N) is 1. The van der Waals surface area contributed by atoms with Crippen LogP contribution < -0.4 is 5.73 Å². The van der Waals surface area contributed by atoms with E-state index in [-0.39, 0.29) is 67.8 Å². The lowest BCUT2D eigenvalue weighted by Crippen LogP contribution is -2.48. The van der Waals surface area contributed by atoms with Crippen molar-refractivity contribution in [1.29, 1.82) is 0 Å². The van der Waals surface area contributed by atoms with Crippen molar-refractivity contribution in [1.82, 2.24) is 19.8 Å². The monoisotopic (exact) mass is 507 g/mol. The molecule has 1 aromatic heterocycles. The SMILES string of the molecule is C[C@@H]1CCC(=O)N(C[C@@H](N)CC(=O)N2CCc3c(nc(Cc4ccc(F)cc4)nc3C(F)(F)F)C2)C1. The van der Waals surface area contributed by atoms with E-state index in [0.29, 0.717) is 24.4 Å². The van der Waals surface area contributed by atoms with Gasteiger partial charge in [0.1, 0.15) is 11.6 Å². The molecule has 1 fully saturated rings. The Balaban J connectivity index is 1.47. The van der Waals surface area contributed by atoms with Gasteiger partial charge < -0.3 is 15.5 Å². The van der Waals surface area contributed by atoms with Gasteiger partial charge in [-0.25, -0.2) is 14.4 Å². The highest BCUT2D eigenvalue weighted by Gasteiger charge is 2.39. The Labute approximate surface area is 206 Å². The molecule has 0 spiro atoms. The van der Waals surface area contributed by atoms with Gasteiger partial charge in [-0.3, -0.25) is 9.59 Å². The first-order chi connectivity index (χ1) is 17.0. The van der Waals surface area contributed by atoms with Gasteiger partial charge in [-0.15, -0.1) is 0 Å². The quantitative estimate of drug-likeness (QED) is 0.607. The van der Waals surface area contributed by atoms with Gasteiger partial charge in [0.25, 0.3) is 0 Å². The third-order valence-corrected chi connectivity index (χ3v) is 6.64. The van der Waals surface area contributed by atoms with Crippen LogP contribution in [0.1, 0.15) is 54.5 Å². The number of fused-ring (bicyclic) bond motifs is 1. The molecule has 36 heavy (non-hydrogen) atoms. The van der Waals surface area contributed by atoms with Crippen molar-refractivity contribution in [3.05, 3.63) is 58.4 Å². The fraction of sp³-hybridized carbons (Fsp3) is 0.520. The second kappa shape index (κ2) is 10.5. The zero-order valence-corrected chi connectivity index (χ0v) is 20.0. The number of rotatable bonds is 6. The van der Waals surface area contributed by atoms with Crippen LogP contribution in [0.25, 0.3) is 0 Å². The molecule has 1 aromatic carbocycles. The predicted octanol–water partition coefficient (Wildman–Crippen LogP) is 3.09. The van der Waals surface area contributed by atoms with E-state index in [1.807, 2.05) is 0 Å². The number of amides is 2. The fourth-order valence-corrected chi connectivity index (χ4v) is 4.77. The summed E-state index contributed by atoms with van der Waals surface area (Å²) in [5, 5.41) is 0. The first-order valence-corrected chi connectivity index (χ1v) is 12.0. The second-order valence-electron chi connectivity index (χ2n) is 9.69. The van der Waals surface area contributed by atoms with E-state index in [9.17, 15) is 27.2 Å². The Bertz CT molecular complexity index is 1120. The molecule has 0 aliphatic carbocycles. The summed E-state index contributed by atoms with van der Waals surface area (Å²) >= 11 is 0. The zero-order chi connectivity index (χ0) is 26.0. The number of hydrogen-bond acceptors (Lipinski definition) is 5. The van der Waals surface area contributed by atoms with E-state index < -0.39 is 23.7 Å². The van der Waals surface area contributed by atoms with Gasteiger partial charge in [0.2, 0.25) is 11.8 Å². The predicted molar refractivity (Wildman–Crippen MR) is 123 cm³/mol. The molecular weight excluding hydrogens is 478 g/mol. The van der Waals surface area contributed by atoms with Crippen LogP contribution in [0.5, 0.6) is 0 Å². The molecule has 11 heteroatoms. The molecule has 0 bridgehead atoms. The van der Waals surface area contributed by atoms with Gasteiger partial charge in [-0.1, -0.05) is 19.1 Å². The van der Waals surface area contributed by atoms with E-state index in [1.165, 1.54) is 29.2 Å². The maximum atomic E-state index is 13.8. The van der Waals surface area contributed by atoms with Crippen molar-refractivity contribution in [3.63, 3.8) is 0 Å². The highest BCUT2D eigenvalue weighted by Crippen LogP contribution is 2.34. The summed E-state index contributed by atoms with van der Waals surface area (Å²) in [6, 6.07) is 4.81. The summed E-state index contributed by atoms with van der Waals surface area (Å²) in [6.45, 7) is 2.95. The number of alkyl halides is 3. The minimum absolute atomic E-state index is 0.00224. The van der Waals surface area contributed by atoms with Crippen LogP contribution in [0.4, 0.5) is 17.6 Å². The average molecular weight is 508 g/mol. The summed E-state index contributed by atoms with van der Waals surface area (Å²) in [7, 11) is 0. The average Bonchev–Trinajstić information content (AvgIpc) is 2.81. The number of halogens is 4. The number of likely N-dealkylation sites (tertiary alicyclic amines) is 1. The lowest BCUT2D eigenvalue weighted by atomic mass is 9.98. The van der Waals surface area contributed by atoms with Crippen LogP contribution in [-0.2, 0) is 35.2 Å². The van der Waals surface area contributed by atoms with Crippen LogP contribution in [0, 0.1) is 11.7 Å². The fourth-order valence-electron chi connectivity index (χ4n) is 4.77. The third kappa shape index (κ3) is 6.18. The maximum absolute atomic E-state index is 13.8. The van der Waals surface area contributed by atoms with Crippen molar-refractivity contribution in [2.45, 2.75) is 57.8 Å². The lowest BCUT2D eigenvalue weighted by Gasteiger charge is -2.34. The molecule has 3 heterocycles. The van der Waals surface area contributed by atoms with Crippen molar-refractivity contribution < 1.29 is 27.2 Å². The molecule has 2 N–H and O–H groups in total. The van der Waals surface area contributed by atoms with Gasteiger partial charge in [-0.2, -0.15) is 13.2 Å². The minimum atomic E-state index is -4.67. The van der Waals surface area contributed by atoms with E-state index in [1.54, 1.807) is 4.90 Å². The van der Waals surface area contributed by atoms with Crippen molar-refractivity contribution in [2.24, 2.45) is 11.7 Å². The molecule has 0 radical (unpaired) electrons. The van der Waals surface area contributed by atoms with E-state index in [4.69, 9.17) is 5.73 Å². The van der Waals surface area contributed by atoms with Crippen molar-refractivity contribution in [2.75, 3.05) is 19.6 Å². The zero-order valence-electron chi connectivity index (χ0n) is 20.0. The van der Waals surface area contributed by atoms with Gasteiger partial charge >= 0.3 is 6.18 Å². The topological polar surface area (TPSA) is 92.4 Å². The first kappa shape index (κ1) is 26.0. The van der Waals surface area contributed by atoms with Crippen LogP contribution in [0.15, 0.2) is 24.3 Å². The smallest absolute Gasteiger partial charge is 0.341 e. The molecule has 2 atom stereocenters. The molecule has 2 aliphatic heterocycles. The molecular formula is C25H29F4N5O2. The van der Waals surface area contributed by atoms with Gasteiger partial charge in [0.15, 0.2) is 5.69 Å². The molecule has 2 amide bonds. The minimum Gasteiger partial charge on any atom is -0.341 e. The lowest BCUT2D eigenvalue weighted by molar-refractivity contribution is -0.142. The third-order valence-electron chi connectivity index (χ3n) is 6.64. The van der Waals surface area contributed by atoms with Crippen molar-refractivity contribution in [3.8, 4) is 0 Å². The number of carbonyl (C=O) groups excluding carboxylic acids is 2. The molecule has 2 aromatic rings. The number of benzene rings is 1. The van der Waals surface area contributed by atoms with Crippen LogP contribution in [0.3, 0.4) is 0 Å². The Morgan fingerprint density at radius 3 is 2.61 bits per heavy atom. The van der Waals surface area contributed by atoms with Crippen LogP contribution >= 0.6 is 0 Å². The summed E-state index contributed by atoms with van der Waals surface area (Å²) < 4.78 is 54.6. The Morgan fingerprint density at radius 1 is 1.19 bits per heavy atom. The van der Waals surface area contributed by atoms with Crippen LogP contribution in [0.2, 0.25) is 0 Å². The second-order valence-corrected chi connectivity index (χ2v) is 9.69. The summed E-state index contributed by atoms with van der Waals surface area (Å²) in [4.78, 5) is 36.3. The largest absolute Gasteiger partial charge is 0.433 e. The van der Waals surface area contributed by atoms with E-state index >= 15 is 0 Å². The number of aromatic nitrogens is 2. The van der Waals surface area contributed by atoms with Gasteiger partial charge in [0, 0.05) is 50.5 Å². The Hall–Kier alpha value is -3.08. The van der Waals surface area contributed by atoms with Gasteiger partial charge in [-0.05, 0) is 36.5 Å². The summed E-state index contributed by atoms with van der Waals surface area (Å²) in [5.74, 6) is -0.397. The number of hydrogen-bond donors (Lipinski definition) is 1. The number of nitrogens with zero attached hydrogens (tertiary/aromatic N) is 4. The molecule has 194 valence electrons. The van der Waals surface area contributed by atoms with E-state index in [0.717, 1.165) is 6.42 Å². The highest BCUT2D eigenvalue weighted by atomic mass is 19.4. The number of carbonyl (C=O) groups is 2. The number of piperidine rings is 1. The summed E-state index contributed by atoms with van der Waals surface area (Å²) in [5.41, 5.74) is 5.90. The molecule has 0 unspecified atom stereocenters. The Kier molecular flexibility index (Phi) is 7.58. The molecule has 1 saturated heterocycles. The van der Waals surface area contributed by atoms with Crippen LogP contribution in [-0.4, -0.2) is 57.3 Å². The van der Waals surface area contributed by atoms with Crippen molar-refractivity contribution >= 4 is 11.8 Å². The van der Waals surface area contributed by atoms with Gasteiger partial charge in [0.05, 0.1) is 12.2 Å². The molecule has 2 aliphatic rings. The molecule has 4 rings (SSSR count). The normalized spacial score (nSPS) is 19.3. The maximum Gasteiger partial charge on any atom is 0.433 e. The Morgan fingerprint density at radius 2 is 1.92 bits per heavy atom. The first-order valence-electron chi connectivity index (χ1n) is 12.0. The standard InChI is InChI=1S/C25H29F4N5O2/c1-15-2-7-22(35)34(12-15)13-18(30)11-23(36)33-9-8-19-20(14-33)31-21(32-24(19)25(27,28)29)10-16-3-5-17(26)6-4-16/h3-6,15,18H,2,7-14,30H2,1H3/t15-,18+/m1/s1. The highest BCUT2D eigenvalue weighted by molar-refractivity contribution is 5.78. The molecule has 7 nitrogen and oxygen atoms in total.